The number of hydrogen-bond donors (Lipinski definition) is 0. The van der Waals surface area contributed by atoms with E-state index < -0.39 is 23.9 Å². The topological polar surface area (TPSA) is 133 Å². The average Bonchev–Trinajstić information content (AvgIpc) is 3.32. The molecule has 11 nitrogen and oxygen atoms in total. The van der Waals surface area contributed by atoms with Crippen molar-refractivity contribution < 1.29 is 52.3 Å². The van der Waals surface area contributed by atoms with Gasteiger partial charge in [0.25, 0.3) is 0 Å². The third-order valence-corrected chi connectivity index (χ3v) is 10.4. The maximum Gasteiger partial charge on any atom is 0.347 e. The van der Waals surface area contributed by atoms with E-state index in [1.807, 2.05) is 0 Å². The van der Waals surface area contributed by atoms with Crippen molar-refractivity contribution in [1.82, 2.24) is 0 Å². The van der Waals surface area contributed by atoms with Crippen LogP contribution in [0.5, 0.6) is 40.2 Å². The highest BCUT2D eigenvalue weighted by Crippen LogP contribution is 2.26. The first-order valence-electron chi connectivity index (χ1n) is 22.5. The van der Waals surface area contributed by atoms with Gasteiger partial charge in [0.15, 0.2) is 0 Å². The minimum atomic E-state index is -0.801. The summed E-state index contributed by atoms with van der Waals surface area (Å²) in [5.41, 5.74) is 0.525. The van der Waals surface area contributed by atoms with Gasteiger partial charge in [0, 0.05) is 0 Å². The number of ether oxygens (including phenoxy) is 7. The van der Waals surface area contributed by atoms with Gasteiger partial charge in [0.2, 0.25) is 0 Å². The Kier molecular flexibility index (Phi) is 20.2. The summed E-state index contributed by atoms with van der Waals surface area (Å²) < 4.78 is 39.2. The Balaban J connectivity index is 1.06. The van der Waals surface area contributed by atoms with Crippen LogP contribution in [0.4, 0.5) is 0 Å². The van der Waals surface area contributed by atoms with Gasteiger partial charge in [-0.15, -0.1) is 0 Å². The summed E-state index contributed by atoms with van der Waals surface area (Å²) in [4.78, 5) is 52.1. The first-order valence-corrected chi connectivity index (χ1v) is 22.5. The third kappa shape index (κ3) is 16.3. The van der Waals surface area contributed by atoms with E-state index in [2.05, 4.69) is 13.8 Å². The number of rotatable bonds is 27. The van der Waals surface area contributed by atoms with E-state index in [9.17, 15) is 19.2 Å². The minimum Gasteiger partial charge on any atom is -0.496 e. The van der Waals surface area contributed by atoms with Gasteiger partial charge < -0.3 is 33.2 Å². The SMILES string of the molecule is CCCCCCCCCOc1ccc(OC(=O)c2ccc(OC(=O)c3ccc(OC)c(C(=O)Oc4ccc(C(=O)Oc5ccc(OCCCCCCCCC)cc5)cc4)c3)cc2)cc1. The van der Waals surface area contributed by atoms with E-state index in [-0.39, 0.29) is 39.5 Å². The normalized spacial score (nSPS) is 10.7. The molecule has 0 N–H and O–H groups in total. The van der Waals surface area contributed by atoms with Crippen molar-refractivity contribution in [2.75, 3.05) is 20.3 Å². The lowest BCUT2D eigenvalue weighted by Gasteiger charge is -2.11. The van der Waals surface area contributed by atoms with Crippen molar-refractivity contribution in [3.63, 3.8) is 0 Å². The number of esters is 4. The van der Waals surface area contributed by atoms with Gasteiger partial charge >= 0.3 is 23.9 Å². The van der Waals surface area contributed by atoms with Gasteiger partial charge in [0.05, 0.1) is 37.0 Å². The number of benzene rings is 5. The van der Waals surface area contributed by atoms with E-state index in [1.165, 1.54) is 138 Å². The van der Waals surface area contributed by atoms with Crippen molar-refractivity contribution in [2.45, 2.75) is 104 Å². The van der Waals surface area contributed by atoms with Crippen LogP contribution in [0, 0.1) is 0 Å². The Morgan fingerprint density at radius 1 is 0.359 bits per heavy atom. The molecule has 0 heterocycles. The Morgan fingerprint density at radius 3 is 1.06 bits per heavy atom. The molecule has 0 spiro atoms. The smallest absolute Gasteiger partial charge is 0.347 e. The fraction of sp³-hybridized carbons (Fsp3) is 0.358. The first kappa shape index (κ1) is 48.4. The second kappa shape index (κ2) is 26.8. The maximum atomic E-state index is 13.3. The third-order valence-electron chi connectivity index (χ3n) is 10.4. The van der Waals surface area contributed by atoms with Crippen LogP contribution in [0.2, 0.25) is 0 Å². The lowest BCUT2D eigenvalue weighted by atomic mass is 10.1. The van der Waals surface area contributed by atoms with Gasteiger partial charge in [-0.25, -0.2) is 19.2 Å². The molecule has 0 aliphatic heterocycles. The van der Waals surface area contributed by atoms with Crippen molar-refractivity contribution in [1.29, 1.82) is 0 Å². The number of unbranched alkanes of at least 4 members (excludes halogenated alkanes) is 12. The van der Waals surface area contributed by atoms with Gasteiger partial charge in [-0.2, -0.15) is 0 Å². The largest absolute Gasteiger partial charge is 0.496 e. The summed E-state index contributed by atoms with van der Waals surface area (Å²) in [6, 6.07) is 29.8. The van der Waals surface area contributed by atoms with Crippen LogP contribution in [0.1, 0.15) is 145 Å². The van der Waals surface area contributed by atoms with E-state index in [1.54, 1.807) is 48.5 Å². The molecule has 0 fully saturated rings. The first-order chi connectivity index (χ1) is 31.3. The molecule has 0 bridgehead atoms. The van der Waals surface area contributed by atoms with E-state index in [0.717, 1.165) is 25.7 Å². The molecule has 0 aromatic heterocycles. The number of carbonyl (C=O) groups excluding carboxylic acids is 4. The molecule has 11 heteroatoms. The molecule has 64 heavy (non-hydrogen) atoms. The molecule has 0 aliphatic rings. The summed E-state index contributed by atoms with van der Waals surface area (Å²) in [5.74, 6) is -0.0809. The molecule has 0 aliphatic carbocycles. The Hall–Kier alpha value is -6.62. The van der Waals surface area contributed by atoms with Gasteiger partial charge in [-0.1, -0.05) is 90.9 Å². The summed E-state index contributed by atoms with van der Waals surface area (Å²) in [7, 11) is 1.39. The van der Waals surface area contributed by atoms with Crippen molar-refractivity contribution >= 4 is 23.9 Å². The van der Waals surface area contributed by atoms with Crippen LogP contribution >= 0.6 is 0 Å². The van der Waals surface area contributed by atoms with Gasteiger partial charge in [-0.3, -0.25) is 0 Å². The molecule has 0 saturated heterocycles. The predicted molar refractivity (Wildman–Crippen MR) is 246 cm³/mol. The van der Waals surface area contributed by atoms with E-state index in [4.69, 9.17) is 33.2 Å². The van der Waals surface area contributed by atoms with Crippen molar-refractivity contribution in [3.8, 4) is 40.2 Å². The second-order valence-electron chi connectivity index (χ2n) is 15.4. The fourth-order valence-electron chi connectivity index (χ4n) is 6.68. The minimum absolute atomic E-state index is 0.0267. The molecular weight excluding hydrogens is 813 g/mol. The Labute approximate surface area is 376 Å². The molecule has 338 valence electrons. The molecule has 0 radical (unpaired) electrons. The standard InChI is InChI=1S/C53H60O11/c1-4-6-8-10-12-14-16-36-59-42-27-31-46(32-28-42)61-50(54)39-18-23-44(24-19-39)63-52(56)41-22-35-49(58-3)48(38-41)53(57)64-45-25-20-40(21-26-45)51(55)62-47-33-29-43(30-34-47)60-37-17-15-13-11-9-7-5-2/h18-35,38H,4-17,36-37H2,1-3H3. The lowest BCUT2D eigenvalue weighted by molar-refractivity contribution is 0.0722. The predicted octanol–water partition coefficient (Wildman–Crippen LogP) is 12.8. The monoisotopic (exact) mass is 872 g/mol. The van der Waals surface area contributed by atoms with Crippen LogP contribution in [0.3, 0.4) is 0 Å². The highest BCUT2D eigenvalue weighted by molar-refractivity contribution is 5.99. The zero-order valence-electron chi connectivity index (χ0n) is 37.3. The van der Waals surface area contributed by atoms with Crippen LogP contribution in [0.15, 0.2) is 115 Å². The number of methoxy groups -OCH3 is 1. The molecular formula is C53H60O11. The summed E-state index contributed by atoms with van der Waals surface area (Å²) in [5, 5.41) is 0. The molecule has 0 saturated carbocycles. The molecule has 0 unspecified atom stereocenters. The second-order valence-corrected chi connectivity index (χ2v) is 15.4. The van der Waals surface area contributed by atoms with Gasteiger partial charge in [-0.05, 0) is 128 Å². The summed E-state index contributed by atoms with van der Waals surface area (Å²) in [6.45, 7) is 5.71. The Morgan fingerprint density at radius 2 is 0.672 bits per heavy atom. The van der Waals surface area contributed by atoms with Crippen LogP contribution in [-0.4, -0.2) is 44.2 Å². The zero-order chi connectivity index (χ0) is 45.4. The van der Waals surface area contributed by atoms with Crippen molar-refractivity contribution in [3.05, 3.63) is 138 Å². The quantitative estimate of drug-likeness (QED) is 0.0284. The average molecular weight is 873 g/mol. The van der Waals surface area contributed by atoms with E-state index in [0.29, 0.717) is 36.2 Å². The summed E-state index contributed by atoms with van der Waals surface area (Å²) in [6.07, 6.45) is 16.9. The van der Waals surface area contributed by atoms with Crippen LogP contribution in [0.25, 0.3) is 0 Å². The van der Waals surface area contributed by atoms with E-state index >= 15 is 0 Å². The molecule has 5 rings (SSSR count). The highest BCUT2D eigenvalue weighted by Gasteiger charge is 2.20. The molecule has 0 atom stereocenters. The number of carbonyl (C=O) groups is 4. The Bertz CT molecular complexity index is 2200. The van der Waals surface area contributed by atoms with Crippen LogP contribution in [-0.2, 0) is 0 Å². The molecule has 0 amide bonds. The highest BCUT2D eigenvalue weighted by atomic mass is 16.6. The molecule has 5 aromatic carbocycles. The van der Waals surface area contributed by atoms with Gasteiger partial charge in [0.1, 0.15) is 45.8 Å². The molecule has 5 aromatic rings. The zero-order valence-corrected chi connectivity index (χ0v) is 37.3. The maximum absolute atomic E-state index is 13.3. The lowest BCUT2D eigenvalue weighted by Crippen LogP contribution is -2.14. The number of hydrogen-bond acceptors (Lipinski definition) is 11. The van der Waals surface area contributed by atoms with Crippen molar-refractivity contribution in [2.24, 2.45) is 0 Å². The fourth-order valence-corrected chi connectivity index (χ4v) is 6.68. The van der Waals surface area contributed by atoms with Crippen LogP contribution < -0.4 is 33.2 Å². The summed E-state index contributed by atoms with van der Waals surface area (Å²) >= 11 is 0.